The van der Waals surface area contributed by atoms with Crippen LogP contribution < -0.4 is 0 Å². The number of hydrogen-bond acceptors (Lipinski definition) is 5. The van der Waals surface area contributed by atoms with Crippen molar-refractivity contribution < 1.29 is 23.2 Å². The van der Waals surface area contributed by atoms with Crippen LogP contribution in [0.1, 0.15) is 39.5 Å². The number of ether oxygens (including phenoxy) is 2. The van der Waals surface area contributed by atoms with E-state index in [2.05, 4.69) is 26.2 Å². The van der Waals surface area contributed by atoms with Gasteiger partial charge in [-0.1, -0.05) is 25.0 Å². The van der Waals surface area contributed by atoms with Crippen LogP contribution in [0.3, 0.4) is 0 Å². The first-order valence-corrected chi connectivity index (χ1v) is 16.1. The molecule has 0 aliphatic heterocycles. The minimum absolute atomic E-state index is 0.268. The van der Waals surface area contributed by atoms with Crippen molar-refractivity contribution in [1.82, 2.24) is 0 Å². The highest BCUT2D eigenvalue weighted by Gasteiger charge is 2.32. The number of esters is 2. The van der Waals surface area contributed by atoms with Crippen LogP contribution in [-0.2, 0) is 23.2 Å². The van der Waals surface area contributed by atoms with E-state index in [-0.39, 0.29) is 11.9 Å². The first-order valence-electron chi connectivity index (χ1n) is 9.91. The Morgan fingerprint density at radius 1 is 0.704 bits per heavy atom. The van der Waals surface area contributed by atoms with Gasteiger partial charge in [0.1, 0.15) is 0 Å². The molecule has 7 heteroatoms. The first kappa shape index (κ1) is 25.8. The zero-order valence-corrected chi connectivity index (χ0v) is 20.0. The Hall–Kier alpha value is -1.19. The van der Waals surface area contributed by atoms with E-state index in [4.69, 9.17) is 13.6 Å². The number of unbranched alkanes of at least 4 members (excludes halogenated alkanes) is 2. The molecule has 0 rings (SSSR count). The third kappa shape index (κ3) is 15.6. The van der Waals surface area contributed by atoms with Crippen LogP contribution in [0.5, 0.6) is 0 Å². The Balaban J connectivity index is 4.00. The molecule has 0 aliphatic carbocycles. The summed E-state index contributed by atoms with van der Waals surface area (Å²) in [6.07, 6.45) is 10.1. The summed E-state index contributed by atoms with van der Waals surface area (Å²) < 4.78 is 16.8. The maximum atomic E-state index is 11.3. The van der Waals surface area contributed by atoms with Gasteiger partial charge < -0.3 is 13.6 Å². The van der Waals surface area contributed by atoms with E-state index in [0.717, 1.165) is 37.8 Å². The topological polar surface area (TPSA) is 61.8 Å². The molecular weight excluding hydrogens is 376 g/mol. The van der Waals surface area contributed by atoms with Gasteiger partial charge in [-0.15, -0.1) is 0 Å². The quantitative estimate of drug-likeness (QED) is 0.169. The van der Waals surface area contributed by atoms with Crippen molar-refractivity contribution in [3.05, 3.63) is 24.3 Å². The smallest absolute Gasteiger partial charge is 0.330 e. The SMILES string of the molecule is CC=CC(=O)OCCCC[Si](C)(C)O[Si](C)(C)CCCCOC(=O)C=CC. The van der Waals surface area contributed by atoms with Crippen LogP contribution >= 0.6 is 0 Å². The molecule has 0 aromatic rings. The Morgan fingerprint density at radius 2 is 1.07 bits per heavy atom. The number of rotatable bonds is 14. The van der Waals surface area contributed by atoms with Crippen molar-refractivity contribution in [1.29, 1.82) is 0 Å². The fourth-order valence-electron chi connectivity index (χ4n) is 2.87. The molecule has 0 radical (unpaired) electrons. The summed E-state index contributed by atoms with van der Waals surface area (Å²) in [5.41, 5.74) is 0. The fourth-order valence-corrected chi connectivity index (χ4v) is 11.9. The Kier molecular flexibility index (Phi) is 13.3. The highest BCUT2D eigenvalue weighted by Crippen LogP contribution is 2.24. The molecule has 0 amide bonds. The van der Waals surface area contributed by atoms with E-state index in [0.29, 0.717) is 13.2 Å². The molecule has 0 fully saturated rings. The molecule has 0 unspecified atom stereocenters. The third-order valence-electron chi connectivity index (χ3n) is 3.99. The zero-order valence-electron chi connectivity index (χ0n) is 18.0. The molecule has 0 aromatic heterocycles. The average molecular weight is 415 g/mol. The van der Waals surface area contributed by atoms with E-state index in [9.17, 15) is 9.59 Å². The minimum atomic E-state index is -1.72. The van der Waals surface area contributed by atoms with Gasteiger partial charge in [-0.3, -0.25) is 0 Å². The standard InChI is InChI=1S/C20H38O5Si2/c1-7-13-19(21)23-15-9-11-17-26(3,4)25-27(5,6)18-12-10-16-24-20(22)14-8-2/h7-8,13-14H,9-12,15-18H2,1-6H3. The Morgan fingerprint density at radius 3 is 1.41 bits per heavy atom. The van der Waals surface area contributed by atoms with Crippen LogP contribution in [0.15, 0.2) is 24.3 Å². The van der Waals surface area contributed by atoms with Crippen LogP contribution in [0.2, 0.25) is 38.3 Å². The molecule has 0 atom stereocenters. The first-order chi connectivity index (χ1) is 12.6. The maximum Gasteiger partial charge on any atom is 0.330 e. The summed E-state index contributed by atoms with van der Waals surface area (Å²) in [7, 11) is -3.43. The predicted molar refractivity (Wildman–Crippen MR) is 116 cm³/mol. The van der Waals surface area contributed by atoms with Crippen molar-refractivity contribution in [2.24, 2.45) is 0 Å². The zero-order chi connectivity index (χ0) is 20.8. The molecular formula is C20H38O5Si2. The van der Waals surface area contributed by atoms with Gasteiger partial charge in [-0.25, -0.2) is 9.59 Å². The maximum absolute atomic E-state index is 11.3. The monoisotopic (exact) mass is 414 g/mol. The molecule has 5 nitrogen and oxygen atoms in total. The van der Waals surface area contributed by atoms with Gasteiger partial charge in [0.05, 0.1) is 13.2 Å². The molecule has 27 heavy (non-hydrogen) atoms. The lowest BCUT2D eigenvalue weighted by molar-refractivity contribution is -0.138. The lowest BCUT2D eigenvalue weighted by Crippen LogP contribution is -2.44. The van der Waals surface area contributed by atoms with Gasteiger partial charge in [0, 0.05) is 12.2 Å². The van der Waals surface area contributed by atoms with Crippen LogP contribution in [0.25, 0.3) is 0 Å². The normalized spacial score (nSPS) is 12.7. The lowest BCUT2D eigenvalue weighted by atomic mass is 10.3. The second-order valence-electron chi connectivity index (χ2n) is 7.87. The summed E-state index contributed by atoms with van der Waals surface area (Å²) in [5.74, 6) is -0.537. The number of carbonyl (C=O) groups is 2. The van der Waals surface area contributed by atoms with Gasteiger partial charge >= 0.3 is 11.9 Å². The molecule has 0 heterocycles. The molecule has 156 valence electrons. The molecule has 0 spiro atoms. The largest absolute Gasteiger partial charge is 0.463 e. The fraction of sp³-hybridized carbons (Fsp3) is 0.700. The second kappa shape index (κ2) is 13.9. The van der Waals surface area contributed by atoms with E-state index >= 15 is 0 Å². The van der Waals surface area contributed by atoms with Crippen molar-refractivity contribution in [3.8, 4) is 0 Å². The molecule has 0 aromatic carbocycles. The summed E-state index contributed by atoms with van der Waals surface area (Å²) in [6, 6.07) is 2.15. The number of carbonyl (C=O) groups excluding carboxylic acids is 2. The van der Waals surface area contributed by atoms with E-state index < -0.39 is 16.6 Å². The number of hydrogen-bond donors (Lipinski definition) is 0. The minimum Gasteiger partial charge on any atom is -0.463 e. The average Bonchev–Trinajstić information content (AvgIpc) is 2.53. The van der Waals surface area contributed by atoms with Gasteiger partial charge in [0.15, 0.2) is 16.6 Å². The molecule has 0 saturated heterocycles. The summed E-state index contributed by atoms with van der Waals surface area (Å²) in [5, 5.41) is 0. The van der Waals surface area contributed by atoms with E-state index in [1.54, 1.807) is 26.0 Å². The molecule has 0 bridgehead atoms. The van der Waals surface area contributed by atoms with Gasteiger partial charge in [-0.2, -0.15) is 0 Å². The van der Waals surface area contributed by atoms with E-state index in [1.165, 1.54) is 12.2 Å². The van der Waals surface area contributed by atoms with Crippen molar-refractivity contribution in [2.45, 2.75) is 77.8 Å². The summed E-state index contributed by atoms with van der Waals surface area (Å²) >= 11 is 0. The molecule has 0 N–H and O–H groups in total. The third-order valence-corrected chi connectivity index (χ3v) is 11.5. The Bertz CT molecular complexity index is 455. The highest BCUT2D eigenvalue weighted by molar-refractivity contribution is 6.84. The summed E-state index contributed by atoms with van der Waals surface area (Å²) in [4.78, 5) is 22.5. The van der Waals surface area contributed by atoms with Crippen LogP contribution in [-0.4, -0.2) is 41.8 Å². The van der Waals surface area contributed by atoms with Crippen LogP contribution in [0.4, 0.5) is 0 Å². The van der Waals surface area contributed by atoms with Crippen molar-refractivity contribution in [2.75, 3.05) is 13.2 Å². The highest BCUT2D eigenvalue weighted by atomic mass is 28.4. The number of allylic oxidation sites excluding steroid dienone is 2. The second-order valence-corrected chi connectivity index (χ2v) is 16.7. The van der Waals surface area contributed by atoms with Gasteiger partial charge in [-0.05, 0) is 65.0 Å². The summed E-state index contributed by atoms with van der Waals surface area (Å²) in [6.45, 7) is 13.6. The lowest BCUT2D eigenvalue weighted by Gasteiger charge is -2.34. The molecule has 0 saturated carbocycles. The van der Waals surface area contributed by atoms with Crippen molar-refractivity contribution in [3.63, 3.8) is 0 Å². The molecule has 0 aliphatic rings. The van der Waals surface area contributed by atoms with Gasteiger partial charge in [0.2, 0.25) is 0 Å². The van der Waals surface area contributed by atoms with Crippen molar-refractivity contribution >= 4 is 28.6 Å². The van der Waals surface area contributed by atoms with Crippen LogP contribution in [0, 0.1) is 0 Å². The predicted octanol–water partition coefficient (Wildman–Crippen LogP) is 5.21. The Labute approximate surface area is 167 Å². The van der Waals surface area contributed by atoms with E-state index in [1.807, 2.05) is 0 Å². The van der Waals surface area contributed by atoms with Gasteiger partial charge in [0.25, 0.3) is 0 Å².